The molecule has 15 heteroatoms. The van der Waals surface area contributed by atoms with Gasteiger partial charge in [0.15, 0.2) is 11.6 Å². The summed E-state index contributed by atoms with van der Waals surface area (Å²) in [5.74, 6) is -2.35. The Kier molecular flexibility index (Phi) is 10.7. The van der Waals surface area contributed by atoms with Crippen molar-refractivity contribution in [1.82, 2.24) is 25.2 Å². The van der Waals surface area contributed by atoms with Crippen molar-refractivity contribution in [3.8, 4) is 11.3 Å². The number of nitrogens with zero attached hydrogens (tertiary/aromatic N) is 4. The van der Waals surface area contributed by atoms with Crippen LogP contribution >= 0.6 is 0 Å². The lowest BCUT2D eigenvalue weighted by Crippen LogP contribution is -2.50. The lowest BCUT2D eigenvalue weighted by Gasteiger charge is -2.34. The number of carbonyl (C=O) groups is 4. The first-order chi connectivity index (χ1) is 21.1. The highest BCUT2D eigenvalue weighted by Gasteiger charge is 2.27. The number of urea groups is 1. The van der Waals surface area contributed by atoms with E-state index in [1.165, 1.54) is 39.9 Å². The van der Waals surface area contributed by atoms with Gasteiger partial charge in [0.05, 0.1) is 6.04 Å². The van der Waals surface area contributed by atoms with Gasteiger partial charge in [0, 0.05) is 63.4 Å². The number of ether oxygens (including phenoxy) is 1. The molecular formula is C29H32F2N6O7. The summed E-state index contributed by atoms with van der Waals surface area (Å²) in [6.07, 6.45) is -1.89. The predicted molar refractivity (Wildman–Crippen MR) is 152 cm³/mol. The SMILES string of the molecule is CN(C(=O)NCc1cccc(F)c1F)[C@@H](CCC(=O)N1CCN(C(=O)O)CC1)COC(=O)Nc1cc(-c2ccccc2)no1. The molecule has 1 aliphatic rings. The number of likely N-dealkylation sites (N-methyl/N-ethyl adjacent to an activating group) is 1. The molecule has 13 nitrogen and oxygen atoms in total. The van der Waals surface area contributed by atoms with E-state index in [1.54, 1.807) is 0 Å². The highest BCUT2D eigenvalue weighted by Crippen LogP contribution is 2.21. The van der Waals surface area contributed by atoms with Gasteiger partial charge in [0.25, 0.3) is 0 Å². The minimum Gasteiger partial charge on any atom is -0.465 e. The number of rotatable bonds is 10. The van der Waals surface area contributed by atoms with E-state index in [2.05, 4.69) is 15.8 Å². The Hall–Kier alpha value is -5.21. The number of carbonyl (C=O) groups excluding carboxylic acids is 3. The predicted octanol–water partition coefficient (Wildman–Crippen LogP) is 3.98. The van der Waals surface area contributed by atoms with Crippen LogP contribution in [0, 0.1) is 11.6 Å². The van der Waals surface area contributed by atoms with E-state index < -0.39 is 35.9 Å². The van der Waals surface area contributed by atoms with Crippen molar-refractivity contribution in [2.75, 3.05) is 45.2 Å². The summed E-state index contributed by atoms with van der Waals surface area (Å²) in [6, 6.07) is 12.8. The van der Waals surface area contributed by atoms with Gasteiger partial charge in [0.2, 0.25) is 11.8 Å². The standard InChI is InChI=1S/C29H32F2N6O7/c1-35(27(39)32-17-20-8-5-9-22(30)26(20)31)21(10-11-25(38)36-12-14-37(15-13-36)29(41)42)18-43-28(40)33-24-16-23(34-44-24)19-6-3-2-4-7-19/h2-9,16,21H,10-15,17-18H2,1H3,(H,32,39)(H,33,40)(H,41,42)/t21-/m0/s1. The second-order valence-electron chi connectivity index (χ2n) is 9.99. The first-order valence-electron chi connectivity index (χ1n) is 13.8. The van der Waals surface area contributed by atoms with E-state index >= 15 is 0 Å². The molecule has 0 bridgehead atoms. The van der Waals surface area contributed by atoms with Crippen molar-refractivity contribution < 1.29 is 42.3 Å². The van der Waals surface area contributed by atoms with Crippen LogP contribution in [-0.4, -0.2) is 95.0 Å². The minimum atomic E-state index is -1.08. The van der Waals surface area contributed by atoms with E-state index in [0.717, 1.165) is 11.6 Å². The Morgan fingerprint density at radius 2 is 1.75 bits per heavy atom. The van der Waals surface area contributed by atoms with Gasteiger partial charge in [-0.05, 0) is 12.5 Å². The summed E-state index contributed by atoms with van der Waals surface area (Å²) in [6.45, 7) is 0.201. The van der Waals surface area contributed by atoms with Crippen molar-refractivity contribution in [2.24, 2.45) is 0 Å². The fourth-order valence-electron chi connectivity index (χ4n) is 4.52. The van der Waals surface area contributed by atoms with Crippen LogP contribution in [-0.2, 0) is 16.1 Å². The van der Waals surface area contributed by atoms with E-state index in [0.29, 0.717) is 5.69 Å². The van der Waals surface area contributed by atoms with Gasteiger partial charge in [0.1, 0.15) is 12.3 Å². The van der Waals surface area contributed by atoms with Crippen molar-refractivity contribution in [2.45, 2.75) is 25.4 Å². The normalized spacial score (nSPS) is 13.6. The fraction of sp³-hybridized carbons (Fsp3) is 0.345. The fourth-order valence-corrected chi connectivity index (χ4v) is 4.52. The summed E-state index contributed by atoms with van der Waals surface area (Å²) >= 11 is 0. The molecule has 2 aromatic carbocycles. The molecule has 1 saturated heterocycles. The molecule has 0 spiro atoms. The molecule has 0 unspecified atom stereocenters. The van der Waals surface area contributed by atoms with Gasteiger partial charge < -0.3 is 34.4 Å². The molecule has 5 amide bonds. The number of hydrogen-bond acceptors (Lipinski definition) is 7. The van der Waals surface area contributed by atoms with Gasteiger partial charge in [-0.3, -0.25) is 10.1 Å². The molecule has 0 radical (unpaired) electrons. The van der Waals surface area contributed by atoms with E-state index in [1.807, 2.05) is 30.3 Å². The van der Waals surface area contributed by atoms with Crippen LogP contribution in [0.15, 0.2) is 59.1 Å². The van der Waals surface area contributed by atoms with Crippen LogP contribution in [0.2, 0.25) is 0 Å². The molecule has 1 aliphatic heterocycles. The zero-order valence-corrected chi connectivity index (χ0v) is 23.9. The van der Waals surface area contributed by atoms with Crippen LogP contribution < -0.4 is 10.6 Å². The number of piperazine rings is 1. The van der Waals surface area contributed by atoms with Crippen LogP contribution in [0.5, 0.6) is 0 Å². The third-order valence-electron chi connectivity index (χ3n) is 7.14. The second kappa shape index (κ2) is 14.8. The van der Waals surface area contributed by atoms with Gasteiger partial charge in [-0.2, -0.15) is 0 Å². The quantitative estimate of drug-likeness (QED) is 0.310. The Balaban J connectivity index is 1.36. The van der Waals surface area contributed by atoms with Gasteiger partial charge in [-0.25, -0.2) is 23.2 Å². The zero-order chi connectivity index (χ0) is 31.6. The van der Waals surface area contributed by atoms with Gasteiger partial charge in [-0.15, -0.1) is 0 Å². The number of anilines is 1. The molecule has 1 atom stereocenters. The molecule has 234 valence electrons. The first kappa shape index (κ1) is 31.7. The Labute approximate surface area is 251 Å². The van der Waals surface area contributed by atoms with Crippen molar-refractivity contribution >= 4 is 30.0 Å². The van der Waals surface area contributed by atoms with Crippen molar-refractivity contribution in [3.05, 3.63) is 71.8 Å². The van der Waals surface area contributed by atoms with Crippen molar-refractivity contribution in [3.63, 3.8) is 0 Å². The summed E-state index contributed by atoms with van der Waals surface area (Å²) in [4.78, 5) is 53.5. The maximum Gasteiger partial charge on any atom is 0.414 e. The summed E-state index contributed by atoms with van der Waals surface area (Å²) < 4.78 is 38.1. The number of carboxylic acid groups (broad SMARTS) is 1. The maximum absolute atomic E-state index is 14.1. The Bertz CT molecular complexity index is 1460. The highest BCUT2D eigenvalue weighted by molar-refractivity contribution is 5.83. The molecule has 0 aliphatic carbocycles. The summed E-state index contributed by atoms with van der Waals surface area (Å²) in [5, 5.41) is 18.0. The minimum absolute atomic E-state index is 0.0264. The zero-order valence-electron chi connectivity index (χ0n) is 23.9. The number of aromatic nitrogens is 1. The van der Waals surface area contributed by atoms with Crippen LogP contribution in [0.25, 0.3) is 11.3 Å². The Morgan fingerprint density at radius 1 is 1.05 bits per heavy atom. The monoisotopic (exact) mass is 614 g/mol. The third-order valence-corrected chi connectivity index (χ3v) is 7.14. The highest BCUT2D eigenvalue weighted by atomic mass is 19.2. The van der Waals surface area contributed by atoms with Gasteiger partial charge in [-0.1, -0.05) is 47.6 Å². The van der Waals surface area contributed by atoms with Gasteiger partial charge >= 0.3 is 18.2 Å². The van der Waals surface area contributed by atoms with Crippen LogP contribution in [0.1, 0.15) is 18.4 Å². The smallest absolute Gasteiger partial charge is 0.414 e. The molecule has 3 aromatic rings. The molecule has 3 N–H and O–H groups in total. The molecule has 0 saturated carbocycles. The molecule has 2 heterocycles. The lowest BCUT2D eigenvalue weighted by molar-refractivity contribution is -0.133. The number of halogens is 2. The molecule has 44 heavy (non-hydrogen) atoms. The van der Waals surface area contributed by atoms with Crippen molar-refractivity contribution in [1.29, 1.82) is 0 Å². The molecule has 1 fully saturated rings. The lowest BCUT2D eigenvalue weighted by atomic mass is 10.1. The van der Waals surface area contributed by atoms with E-state index in [9.17, 15) is 28.0 Å². The number of hydrogen-bond donors (Lipinski definition) is 3. The largest absolute Gasteiger partial charge is 0.465 e. The number of amides is 5. The Morgan fingerprint density at radius 3 is 2.45 bits per heavy atom. The molecule has 1 aromatic heterocycles. The van der Waals surface area contributed by atoms with Crippen LogP contribution in [0.4, 0.5) is 29.0 Å². The first-order valence-corrected chi connectivity index (χ1v) is 13.8. The average Bonchev–Trinajstić information content (AvgIpc) is 3.50. The van der Waals surface area contributed by atoms with E-state index in [-0.39, 0.29) is 69.5 Å². The molecular weight excluding hydrogens is 582 g/mol. The summed E-state index contributed by atoms with van der Waals surface area (Å²) in [7, 11) is 1.42. The van der Waals surface area contributed by atoms with Crippen LogP contribution in [0.3, 0.4) is 0 Å². The topological polar surface area (TPSA) is 158 Å². The van der Waals surface area contributed by atoms with E-state index in [4.69, 9.17) is 14.4 Å². The summed E-state index contributed by atoms with van der Waals surface area (Å²) in [5.41, 5.74) is 1.21. The number of benzene rings is 2. The third kappa shape index (κ3) is 8.42. The molecule has 4 rings (SSSR count). The average molecular weight is 615 g/mol. The maximum atomic E-state index is 14.1. The second-order valence-corrected chi connectivity index (χ2v) is 9.99. The number of nitrogens with one attached hydrogen (secondary N) is 2.